The molecule has 0 aliphatic carbocycles. The van der Waals surface area contributed by atoms with E-state index >= 15 is 0 Å². The maximum absolute atomic E-state index is 12.6. The first-order valence-corrected chi connectivity index (χ1v) is 7.12. The van der Waals surface area contributed by atoms with E-state index in [0.717, 1.165) is 17.7 Å². The van der Waals surface area contributed by atoms with Gasteiger partial charge in [0.2, 0.25) is 0 Å². The molecule has 0 saturated carbocycles. The minimum atomic E-state index is -4.40. The van der Waals surface area contributed by atoms with E-state index in [1.165, 1.54) is 12.1 Å². The minimum Gasteiger partial charge on any atom is -0.327 e. The summed E-state index contributed by atoms with van der Waals surface area (Å²) in [6.07, 6.45) is -4.40. The van der Waals surface area contributed by atoms with Gasteiger partial charge in [-0.05, 0) is 42.8 Å². The summed E-state index contributed by atoms with van der Waals surface area (Å²) in [5.41, 5.74) is 1.15. The second kappa shape index (κ2) is 7.55. The number of carbonyl (C=O) groups is 1. The van der Waals surface area contributed by atoms with Crippen LogP contribution in [0.4, 0.5) is 23.7 Å². The fraction of sp³-hybridized carbons (Fsp3) is 0.167. The standard InChI is InChI=1S/C18H15F3N2O/c1-13-5-2-9-16(11-13)23-17(24)22-10-4-7-14-6-3-8-15(12-14)18(19,20)21/h2-3,5-6,8-9,11-12H,10H2,1H3,(H2,22,23,24). The molecule has 0 saturated heterocycles. The van der Waals surface area contributed by atoms with Crippen molar-refractivity contribution < 1.29 is 18.0 Å². The Bertz CT molecular complexity index is 789. The lowest BCUT2D eigenvalue weighted by Gasteiger charge is -2.06. The lowest BCUT2D eigenvalue weighted by molar-refractivity contribution is -0.137. The van der Waals surface area contributed by atoms with E-state index in [2.05, 4.69) is 22.5 Å². The van der Waals surface area contributed by atoms with Crippen molar-refractivity contribution in [3.8, 4) is 11.8 Å². The SMILES string of the molecule is Cc1cccc(NC(=O)NCC#Cc2cccc(C(F)(F)F)c2)c1. The van der Waals surface area contributed by atoms with E-state index in [4.69, 9.17) is 0 Å². The summed E-state index contributed by atoms with van der Waals surface area (Å²) in [5.74, 6) is 5.21. The molecule has 0 unspecified atom stereocenters. The number of benzene rings is 2. The Kier molecular flexibility index (Phi) is 5.48. The highest BCUT2D eigenvalue weighted by molar-refractivity contribution is 5.89. The van der Waals surface area contributed by atoms with Crippen molar-refractivity contribution in [1.29, 1.82) is 0 Å². The van der Waals surface area contributed by atoms with Crippen LogP contribution in [0.25, 0.3) is 0 Å². The average molecular weight is 332 g/mol. The molecule has 2 rings (SSSR count). The molecule has 0 aliphatic heterocycles. The smallest absolute Gasteiger partial charge is 0.327 e. The molecular formula is C18H15F3N2O. The molecule has 0 bridgehead atoms. The summed E-state index contributed by atoms with van der Waals surface area (Å²) < 4.78 is 37.8. The van der Waals surface area contributed by atoms with Gasteiger partial charge in [-0.3, -0.25) is 0 Å². The van der Waals surface area contributed by atoms with Gasteiger partial charge in [0.15, 0.2) is 0 Å². The van der Waals surface area contributed by atoms with Crippen molar-refractivity contribution in [1.82, 2.24) is 5.32 Å². The topological polar surface area (TPSA) is 41.1 Å². The Morgan fingerprint density at radius 1 is 1.12 bits per heavy atom. The summed E-state index contributed by atoms with van der Waals surface area (Å²) in [6, 6.07) is 11.6. The van der Waals surface area contributed by atoms with E-state index in [1.54, 1.807) is 6.07 Å². The van der Waals surface area contributed by atoms with Crippen LogP contribution in [-0.4, -0.2) is 12.6 Å². The average Bonchev–Trinajstić information content (AvgIpc) is 2.51. The van der Waals surface area contributed by atoms with Crippen LogP contribution < -0.4 is 10.6 Å². The zero-order chi connectivity index (χ0) is 17.6. The molecule has 3 nitrogen and oxygen atoms in total. The molecule has 0 radical (unpaired) electrons. The largest absolute Gasteiger partial charge is 0.416 e. The molecule has 2 aromatic carbocycles. The summed E-state index contributed by atoms with van der Waals surface area (Å²) in [4.78, 5) is 11.7. The quantitative estimate of drug-likeness (QED) is 0.796. The molecule has 2 N–H and O–H groups in total. The number of alkyl halides is 3. The number of halogens is 3. The third-order valence-corrected chi connectivity index (χ3v) is 3.04. The molecule has 0 aliphatic rings. The first-order valence-electron chi connectivity index (χ1n) is 7.12. The highest BCUT2D eigenvalue weighted by atomic mass is 19.4. The molecule has 6 heteroatoms. The first-order chi connectivity index (χ1) is 11.3. The van der Waals surface area contributed by atoms with Crippen LogP contribution in [-0.2, 0) is 6.18 Å². The Morgan fingerprint density at radius 2 is 1.88 bits per heavy atom. The van der Waals surface area contributed by atoms with Crippen LogP contribution in [0.15, 0.2) is 48.5 Å². The van der Waals surface area contributed by atoms with Crippen molar-refractivity contribution in [2.24, 2.45) is 0 Å². The molecule has 0 aromatic heterocycles. The Balaban J connectivity index is 1.89. The van der Waals surface area contributed by atoms with Gasteiger partial charge in [0.25, 0.3) is 0 Å². The maximum atomic E-state index is 12.6. The van der Waals surface area contributed by atoms with Crippen LogP contribution in [0.1, 0.15) is 16.7 Å². The van der Waals surface area contributed by atoms with E-state index in [0.29, 0.717) is 5.69 Å². The predicted octanol–water partition coefficient (Wildman–Crippen LogP) is 4.19. The van der Waals surface area contributed by atoms with Gasteiger partial charge in [-0.1, -0.05) is 30.0 Å². The monoisotopic (exact) mass is 332 g/mol. The number of hydrogen-bond acceptors (Lipinski definition) is 1. The van der Waals surface area contributed by atoms with Crippen molar-refractivity contribution in [2.75, 3.05) is 11.9 Å². The fourth-order valence-corrected chi connectivity index (χ4v) is 1.94. The van der Waals surface area contributed by atoms with Crippen molar-refractivity contribution in [3.63, 3.8) is 0 Å². The number of aryl methyl sites for hydroxylation is 1. The van der Waals surface area contributed by atoms with Gasteiger partial charge in [-0.2, -0.15) is 13.2 Å². The second-order valence-corrected chi connectivity index (χ2v) is 5.06. The lowest BCUT2D eigenvalue weighted by atomic mass is 10.1. The zero-order valence-electron chi connectivity index (χ0n) is 12.9. The van der Waals surface area contributed by atoms with Gasteiger partial charge in [0.05, 0.1) is 12.1 Å². The Labute approximate surface area is 137 Å². The molecule has 24 heavy (non-hydrogen) atoms. The third-order valence-electron chi connectivity index (χ3n) is 3.04. The van der Waals surface area contributed by atoms with E-state index < -0.39 is 17.8 Å². The number of nitrogens with one attached hydrogen (secondary N) is 2. The molecule has 2 amide bonds. The highest BCUT2D eigenvalue weighted by Crippen LogP contribution is 2.29. The summed E-state index contributed by atoms with van der Waals surface area (Å²) in [7, 11) is 0. The number of rotatable bonds is 2. The van der Waals surface area contributed by atoms with Crippen LogP contribution >= 0.6 is 0 Å². The van der Waals surface area contributed by atoms with E-state index in [1.807, 2.05) is 25.1 Å². The second-order valence-electron chi connectivity index (χ2n) is 5.06. The Hall–Kier alpha value is -2.94. The molecule has 2 aromatic rings. The molecular weight excluding hydrogens is 317 g/mol. The summed E-state index contributed by atoms with van der Waals surface area (Å²) in [5, 5.41) is 5.16. The number of anilines is 1. The minimum absolute atomic E-state index is 0.0217. The van der Waals surface area contributed by atoms with Gasteiger partial charge in [0.1, 0.15) is 0 Å². The van der Waals surface area contributed by atoms with Crippen LogP contribution in [0.3, 0.4) is 0 Å². The molecule has 0 fully saturated rings. The zero-order valence-corrected chi connectivity index (χ0v) is 12.9. The molecule has 0 heterocycles. The first kappa shape index (κ1) is 17.4. The van der Waals surface area contributed by atoms with Gasteiger partial charge in [0, 0.05) is 11.3 Å². The summed E-state index contributed by atoms with van der Waals surface area (Å²) in [6.45, 7) is 1.93. The van der Waals surface area contributed by atoms with Crippen LogP contribution in [0.2, 0.25) is 0 Å². The fourth-order valence-electron chi connectivity index (χ4n) is 1.94. The van der Waals surface area contributed by atoms with Crippen LogP contribution in [0, 0.1) is 18.8 Å². The maximum Gasteiger partial charge on any atom is 0.416 e. The number of urea groups is 1. The molecule has 0 spiro atoms. The van der Waals surface area contributed by atoms with E-state index in [9.17, 15) is 18.0 Å². The Morgan fingerprint density at radius 3 is 2.58 bits per heavy atom. The van der Waals surface area contributed by atoms with Crippen molar-refractivity contribution >= 4 is 11.7 Å². The molecule has 0 atom stereocenters. The number of amides is 2. The van der Waals surface area contributed by atoms with Gasteiger partial charge < -0.3 is 10.6 Å². The highest BCUT2D eigenvalue weighted by Gasteiger charge is 2.30. The van der Waals surface area contributed by atoms with E-state index in [-0.39, 0.29) is 12.1 Å². The predicted molar refractivity (Wildman–Crippen MR) is 86.5 cm³/mol. The lowest BCUT2D eigenvalue weighted by Crippen LogP contribution is -2.28. The number of carbonyl (C=O) groups excluding carboxylic acids is 1. The normalized spacial score (nSPS) is 10.5. The number of hydrogen-bond donors (Lipinski definition) is 2. The van der Waals surface area contributed by atoms with Crippen LogP contribution in [0.5, 0.6) is 0 Å². The van der Waals surface area contributed by atoms with Crippen molar-refractivity contribution in [2.45, 2.75) is 13.1 Å². The van der Waals surface area contributed by atoms with Gasteiger partial charge in [-0.25, -0.2) is 4.79 Å². The summed E-state index contributed by atoms with van der Waals surface area (Å²) >= 11 is 0. The van der Waals surface area contributed by atoms with Gasteiger partial charge >= 0.3 is 12.2 Å². The van der Waals surface area contributed by atoms with Gasteiger partial charge in [-0.15, -0.1) is 0 Å². The van der Waals surface area contributed by atoms with Crippen molar-refractivity contribution in [3.05, 3.63) is 65.2 Å². The molecule has 124 valence electrons. The third kappa shape index (κ3) is 5.36.